The first kappa shape index (κ1) is 20.9. The Morgan fingerprint density at radius 1 is 1.21 bits per heavy atom. The molecule has 1 unspecified atom stereocenters. The van der Waals surface area contributed by atoms with Crippen molar-refractivity contribution in [1.82, 2.24) is 9.88 Å². The van der Waals surface area contributed by atoms with Crippen LogP contribution in [0.4, 0.5) is 0 Å². The van der Waals surface area contributed by atoms with Gasteiger partial charge in [-0.15, -0.1) is 0 Å². The molecule has 0 saturated heterocycles. The molecule has 2 heterocycles. The van der Waals surface area contributed by atoms with Gasteiger partial charge in [0.05, 0.1) is 37.9 Å². The molecular weight excluding hydrogens is 436 g/mol. The van der Waals surface area contributed by atoms with Crippen molar-refractivity contribution < 1.29 is 18.7 Å². The molecule has 7 heteroatoms. The second kappa shape index (κ2) is 9.13. The van der Waals surface area contributed by atoms with E-state index < -0.39 is 6.04 Å². The van der Waals surface area contributed by atoms with Gasteiger partial charge in [0.15, 0.2) is 0 Å². The van der Waals surface area contributed by atoms with Crippen LogP contribution in [0.25, 0.3) is 0 Å². The summed E-state index contributed by atoms with van der Waals surface area (Å²) in [5.74, 6) is 0.194. The predicted molar refractivity (Wildman–Crippen MR) is 113 cm³/mol. The largest absolute Gasteiger partial charge is 0.469 e. The van der Waals surface area contributed by atoms with Crippen molar-refractivity contribution in [2.45, 2.75) is 32.9 Å². The van der Waals surface area contributed by atoms with Crippen molar-refractivity contribution in [1.29, 1.82) is 0 Å². The second-order valence-electron chi connectivity index (χ2n) is 6.81. The van der Waals surface area contributed by atoms with E-state index >= 15 is 0 Å². The minimum absolute atomic E-state index is 0.0506. The normalized spacial score (nSPS) is 11.9. The Morgan fingerprint density at radius 3 is 2.55 bits per heavy atom. The maximum absolute atomic E-state index is 13.0. The Labute approximate surface area is 178 Å². The van der Waals surface area contributed by atoms with Crippen LogP contribution in [0.1, 0.15) is 45.5 Å². The highest BCUT2D eigenvalue weighted by Gasteiger charge is 2.23. The number of esters is 1. The highest BCUT2D eigenvalue weighted by Crippen LogP contribution is 2.23. The molecule has 0 bridgehead atoms. The number of ether oxygens (including phenoxy) is 1. The Bertz CT molecular complexity index is 991. The maximum atomic E-state index is 13.0. The summed E-state index contributed by atoms with van der Waals surface area (Å²) in [5, 5.41) is 2.98. The van der Waals surface area contributed by atoms with E-state index in [1.165, 1.54) is 7.11 Å². The summed E-state index contributed by atoms with van der Waals surface area (Å²) in [4.78, 5) is 24.9. The van der Waals surface area contributed by atoms with Crippen LogP contribution < -0.4 is 5.32 Å². The summed E-state index contributed by atoms with van der Waals surface area (Å²) in [6, 6.07) is 12.6. The fourth-order valence-corrected chi connectivity index (χ4v) is 3.53. The third-order valence-electron chi connectivity index (χ3n) is 4.89. The number of aryl methyl sites for hydroxylation is 1. The number of hydrogen-bond acceptors (Lipinski definition) is 4. The van der Waals surface area contributed by atoms with Gasteiger partial charge in [0.1, 0.15) is 5.76 Å². The highest BCUT2D eigenvalue weighted by molar-refractivity contribution is 9.10. The molecule has 29 heavy (non-hydrogen) atoms. The van der Waals surface area contributed by atoms with Crippen molar-refractivity contribution in [2.24, 2.45) is 0 Å². The average molecular weight is 459 g/mol. The second-order valence-corrected chi connectivity index (χ2v) is 7.72. The number of amides is 1. The van der Waals surface area contributed by atoms with Crippen molar-refractivity contribution >= 4 is 27.8 Å². The molecular formula is C22H23BrN2O4. The molecule has 2 aromatic heterocycles. The van der Waals surface area contributed by atoms with Crippen LogP contribution in [-0.4, -0.2) is 23.6 Å². The van der Waals surface area contributed by atoms with E-state index in [9.17, 15) is 9.59 Å². The number of carbonyl (C=O) groups excluding carboxylic acids is 2. The molecule has 0 aliphatic carbocycles. The maximum Gasteiger partial charge on any atom is 0.307 e. The molecule has 0 radical (unpaired) electrons. The van der Waals surface area contributed by atoms with Crippen LogP contribution in [0.15, 0.2) is 57.6 Å². The standard InChI is InChI=1S/C22H23BrN2O4/c1-14-11-19(15(2)25(14)13-18-5-4-10-29-18)22(27)24-20(12-21(26)28-3)16-6-8-17(23)9-7-16/h4-11,20H,12-13H2,1-3H3,(H,24,27). The van der Waals surface area contributed by atoms with Gasteiger partial charge < -0.3 is 19.0 Å². The fraction of sp³-hybridized carbons (Fsp3) is 0.273. The van der Waals surface area contributed by atoms with Gasteiger partial charge in [-0.3, -0.25) is 9.59 Å². The summed E-state index contributed by atoms with van der Waals surface area (Å²) < 4.78 is 13.2. The molecule has 1 atom stereocenters. The number of nitrogens with one attached hydrogen (secondary N) is 1. The van der Waals surface area contributed by atoms with Gasteiger partial charge in [-0.25, -0.2) is 0 Å². The number of hydrogen-bond donors (Lipinski definition) is 1. The van der Waals surface area contributed by atoms with Crippen LogP contribution in [0.5, 0.6) is 0 Å². The van der Waals surface area contributed by atoms with E-state index in [-0.39, 0.29) is 18.3 Å². The summed E-state index contributed by atoms with van der Waals surface area (Å²) in [5.41, 5.74) is 3.19. The Kier molecular flexibility index (Phi) is 6.59. The van der Waals surface area contributed by atoms with Gasteiger partial charge >= 0.3 is 5.97 Å². The third-order valence-corrected chi connectivity index (χ3v) is 5.42. The zero-order valence-corrected chi connectivity index (χ0v) is 18.2. The molecule has 0 aliphatic rings. The van der Waals surface area contributed by atoms with Crippen LogP contribution in [-0.2, 0) is 16.1 Å². The first-order valence-corrected chi connectivity index (χ1v) is 10.0. The van der Waals surface area contributed by atoms with Crippen molar-refractivity contribution in [3.05, 3.63) is 81.5 Å². The van der Waals surface area contributed by atoms with Gasteiger partial charge in [0.2, 0.25) is 0 Å². The van der Waals surface area contributed by atoms with Gasteiger partial charge in [-0.05, 0) is 49.7 Å². The molecule has 0 spiro atoms. The topological polar surface area (TPSA) is 73.5 Å². The summed E-state index contributed by atoms with van der Waals surface area (Å²) in [7, 11) is 1.34. The quantitative estimate of drug-likeness (QED) is 0.527. The molecule has 152 valence electrons. The number of halogens is 1. The zero-order chi connectivity index (χ0) is 21.0. The van der Waals surface area contributed by atoms with Crippen molar-refractivity contribution in [2.75, 3.05) is 7.11 Å². The fourth-order valence-electron chi connectivity index (χ4n) is 3.27. The monoisotopic (exact) mass is 458 g/mol. The molecule has 0 saturated carbocycles. The zero-order valence-electron chi connectivity index (χ0n) is 16.6. The lowest BCUT2D eigenvalue weighted by Gasteiger charge is -2.18. The molecule has 1 aromatic carbocycles. The first-order valence-electron chi connectivity index (χ1n) is 9.21. The predicted octanol–water partition coefficient (Wildman–Crippen LogP) is 4.54. The summed E-state index contributed by atoms with van der Waals surface area (Å²) in [6.07, 6.45) is 1.68. The minimum Gasteiger partial charge on any atom is -0.469 e. The number of nitrogens with zero attached hydrogens (tertiary/aromatic N) is 1. The van der Waals surface area contributed by atoms with Crippen molar-refractivity contribution in [3.63, 3.8) is 0 Å². The molecule has 3 aromatic rings. The molecule has 3 rings (SSSR count). The van der Waals surface area contributed by atoms with Gasteiger partial charge in [0.25, 0.3) is 5.91 Å². The highest BCUT2D eigenvalue weighted by atomic mass is 79.9. The van der Waals surface area contributed by atoms with Crippen molar-refractivity contribution in [3.8, 4) is 0 Å². The van der Waals surface area contributed by atoms with E-state index in [0.717, 1.165) is 27.2 Å². The average Bonchev–Trinajstić information content (AvgIpc) is 3.31. The van der Waals surface area contributed by atoms with Crippen LogP contribution in [0.2, 0.25) is 0 Å². The Hall–Kier alpha value is -2.80. The number of aromatic nitrogens is 1. The Balaban J connectivity index is 1.83. The lowest BCUT2D eigenvalue weighted by molar-refractivity contribution is -0.141. The molecule has 0 fully saturated rings. The SMILES string of the molecule is COC(=O)CC(NC(=O)c1cc(C)n(Cc2ccco2)c1C)c1ccc(Br)cc1. The van der Waals surface area contributed by atoms with Crippen LogP contribution in [0.3, 0.4) is 0 Å². The first-order chi connectivity index (χ1) is 13.9. The number of benzene rings is 1. The number of carbonyl (C=O) groups is 2. The molecule has 0 aliphatic heterocycles. The van der Waals surface area contributed by atoms with Gasteiger partial charge in [-0.2, -0.15) is 0 Å². The number of methoxy groups -OCH3 is 1. The van der Waals surface area contributed by atoms with E-state index in [4.69, 9.17) is 9.15 Å². The molecule has 6 nitrogen and oxygen atoms in total. The smallest absolute Gasteiger partial charge is 0.307 e. The van der Waals surface area contributed by atoms with E-state index in [1.807, 2.05) is 60.9 Å². The molecule has 1 amide bonds. The van der Waals surface area contributed by atoms with Crippen LogP contribution in [0, 0.1) is 13.8 Å². The van der Waals surface area contributed by atoms with E-state index in [2.05, 4.69) is 21.2 Å². The summed E-state index contributed by atoms with van der Waals surface area (Å²) in [6.45, 7) is 4.41. The third kappa shape index (κ3) is 4.98. The van der Waals surface area contributed by atoms with Crippen LogP contribution >= 0.6 is 15.9 Å². The van der Waals surface area contributed by atoms with Gasteiger partial charge in [-0.1, -0.05) is 28.1 Å². The van der Waals surface area contributed by atoms with E-state index in [0.29, 0.717) is 12.1 Å². The molecule has 1 N–H and O–H groups in total. The lowest BCUT2D eigenvalue weighted by Crippen LogP contribution is -2.30. The minimum atomic E-state index is -0.490. The number of rotatable bonds is 7. The number of furan rings is 1. The Morgan fingerprint density at radius 2 is 1.93 bits per heavy atom. The van der Waals surface area contributed by atoms with E-state index in [1.54, 1.807) is 6.26 Å². The van der Waals surface area contributed by atoms with Gasteiger partial charge in [0, 0.05) is 15.9 Å². The lowest BCUT2D eigenvalue weighted by atomic mass is 10.0. The summed E-state index contributed by atoms with van der Waals surface area (Å²) >= 11 is 3.40.